The summed E-state index contributed by atoms with van der Waals surface area (Å²) in [6.07, 6.45) is 6.98. The Balaban J connectivity index is 1.53. The number of halogens is 2. The molecular weight excluding hydrogens is 483 g/mol. The number of rotatable bonds is 6. The van der Waals surface area contributed by atoms with Gasteiger partial charge in [0.1, 0.15) is 17.3 Å². The van der Waals surface area contributed by atoms with Gasteiger partial charge in [-0.05, 0) is 31.4 Å². The zero-order chi connectivity index (χ0) is 24.5. The Labute approximate surface area is 203 Å². The molecule has 3 heterocycles. The minimum Gasteiger partial charge on any atom is -0.380 e. The summed E-state index contributed by atoms with van der Waals surface area (Å²) < 4.78 is 42.2. The van der Waals surface area contributed by atoms with Crippen molar-refractivity contribution in [3.63, 3.8) is 0 Å². The van der Waals surface area contributed by atoms with E-state index in [-0.39, 0.29) is 22.2 Å². The van der Waals surface area contributed by atoms with Crippen molar-refractivity contribution in [3.8, 4) is 0 Å². The zero-order valence-electron chi connectivity index (χ0n) is 18.9. The van der Waals surface area contributed by atoms with Crippen LogP contribution in [0.1, 0.15) is 41.9 Å². The summed E-state index contributed by atoms with van der Waals surface area (Å²) >= 11 is 6.34. The number of carbonyl (C=O) groups is 1. The monoisotopic (exact) mass is 508 g/mol. The summed E-state index contributed by atoms with van der Waals surface area (Å²) in [6.45, 7) is 3.65. The van der Waals surface area contributed by atoms with Gasteiger partial charge in [0.15, 0.2) is 9.84 Å². The number of benzene rings is 1. The van der Waals surface area contributed by atoms with Crippen LogP contribution in [0.4, 0.5) is 10.2 Å². The molecule has 2 fully saturated rings. The quantitative estimate of drug-likeness (QED) is 0.638. The second-order valence-electron chi connectivity index (χ2n) is 8.98. The van der Waals surface area contributed by atoms with E-state index in [4.69, 9.17) is 16.3 Å². The lowest BCUT2D eigenvalue weighted by Gasteiger charge is -2.51. The maximum Gasteiger partial charge on any atom is 0.271 e. The lowest BCUT2D eigenvalue weighted by Crippen LogP contribution is -2.52. The predicted molar refractivity (Wildman–Crippen MR) is 127 cm³/mol. The van der Waals surface area contributed by atoms with Gasteiger partial charge in [-0.2, -0.15) is 0 Å². The summed E-state index contributed by atoms with van der Waals surface area (Å²) in [7, 11) is -3.28. The molecule has 0 aliphatic carbocycles. The molecule has 1 amide bonds. The van der Waals surface area contributed by atoms with Crippen molar-refractivity contribution < 1.29 is 22.3 Å². The van der Waals surface area contributed by atoms with Crippen molar-refractivity contribution >= 4 is 33.2 Å². The number of amides is 1. The summed E-state index contributed by atoms with van der Waals surface area (Å²) in [4.78, 5) is 23.2. The molecule has 1 aromatic heterocycles. The van der Waals surface area contributed by atoms with Crippen LogP contribution in [-0.2, 0) is 14.6 Å². The second-order valence-corrected chi connectivity index (χ2v) is 11.3. The van der Waals surface area contributed by atoms with E-state index in [1.54, 1.807) is 13.0 Å². The molecule has 182 valence electrons. The lowest BCUT2D eigenvalue weighted by molar-refractivity contribution is -0.130. The molecular formula is C23H26ClFN4O4S. The first-order chi connectivity index (χ1) is 16.1. The zero-order valence-corrected chi connectivity index (χ0v) is 20.4. The van der Waals surface area contributed by atoms with Crippen molar-refractivity contribution in [1.29, 1.82) is 0 Å². The van der Waals surface area contributed by atoms with Gasteiger partial charge in [0.05, 0.1) is 36.7 Å². The highest BCUT2D eigenvalue weighted by molar-refractivity contribution is 7.93. The maximum atomic E-state index is 14.2. The smallest absolute Gasteiger partial charge is 0.271 e. The number of hydrogen-bond acceptors (Lipinski definition) is 7. The van der Waals surface area contributed by atoms with Crippen LogP contribution in [0.5, 0.6) is 0 Å². The van der Waals surface area contributed by atoms with E-state index >= 15 is 0 Å². The lowest BCUT2D eigenvalue weighted by atomic mass is 9.72. The fourth-order valence-corrected chi connectivity index (χ4v) is 5.07. The molecule has 11 heteroatoms. The van der Waals surface area contributed by atoms with Crippen LogP contribution in [-0.4, -0.2) is 56.3 Å². The normalized spacial score (nSPS) is 20.8. The highest BCUT2D eigenvalue weighted by atomic mass is 35.5. The molecule has 0 saturated carbocycles. The van der Waals surface area contributed by atoms with Crippen LogP contribution < -0.4 is 10.2 Å². The molecule has 1 aromatic carbocycles. The Kier molecular flexibility index (Phi) is 6.93. The predicted octanol–water partition coefficient (Wildman–Crippen LogP) is 3.30. The Morgan fingerprint density at radius 2 is 2.12 bits per heavy atom. The van der Waals surface area contributed by atoms with E-state index in [9.17, 15) is 17.6 Å². The van der Waals surface area contributed by atoms with Gasteiger partial charge in [0, 0.05) is 29.7 Å². The topological polar surface area (TPSA) is 101 Å². The Hall–Kier alpha value is -2.56. The third kappa shape index (κ3) is 5.39. The van der Waals surface area contributed by atoms with E-state index in [2.05, 4.69) is 15.3 Å². The molecule has 8 nitrogen and oxygen atoms in total. The summed E-state index contributed by atoms with van der Waals surface area (Å²) in [5.41, 5.74) is 0.826. The molecule has 2 atom stereocenters. The van der Waals surface area contributed by atoms with Gasteiger partial charge in [-0.3, -0.25) is 4.79 Å². The average molecular weight is 509 g/mol. The van der Waals surface area contributed by atoms with Crippen molar-refractivity contribution in [3.05, 3.63) is 64.2 Å². The minimum absolute atomic E-state index is 0.0414. The molecule has 1 spiro atoms. The number of aromatic nitrogens is 2. The number of nitrogens with one attached hydrogen (secondary N) is 1. The molecule has 2 aromatic rings. The van der Waals surface area contributed by atoms with Crippen LogP contribution in [0, 0.1) is 11.2 Å². The van der Waals surface area contributed by atoms with E-state index in [1.165, 1.54) is 24.5 Å². The van der Waals surface area contributed by atoms with Crippen molar-refractivity contribution in [2.45, 2.75) is 31.8 Å². The van der Waals surface area contributed by atoms with Gasteiger partial charge < -0.3 is 15.0 Å². The van der Waals surface area contributed by atoms with Crippen LogP contribution in [0.3, 0.4) is 0 Å². The third-order valence-corrected chi connectivity index (χ3v) is 7.23. The Bertz CT molecular complexity index is 1200. The van der Waals surface area contributed by atoms with Gasteiger partial charge in [0.2, 0.25) is 0 Å². The molecule has 0 radical (unpaired) electrons. The number of carbonyl (C=O) groups excluding carboxylic acids is 1. The Morgan fingerprint density at radius 1 is 1.35 bits per heavy atom. The maximum absolute atomic E-state index is 14.2. The summed E-state index contributed by atoms with van der Waals surface area (Å²) in [5, 5.41) is 3.80. The Morgan fingerprint density at radius 3 is 2.74 bits per heavy atom. The molecule has 4 rings (SSSR count). The standard InChI is InChI=1S/C23H26ClFN4O4S/c1-15(6-9-34(2,31)32)28-22(30)18-11-27-20(12-26-18)29-8-7-23(13-33-14-23)10-19(29)16-4-3-5-17(25)21(16)24/h3-6,9,11-12,15,19H,7-8,10,13-14H2,1-2H3,(H,28,30)/b9-6+/t15-,19?/m1/s1. The number of anilines is 1. The van der Waals surface area contributed by atoms with Crippen LogP contribution in [0.2, 0.25) is 5.02 Å². The fourth-order valence-electron chi connectivity index (χ4n) is 4.29. The van der Waals surface area contributed by atoms with Crippen molar-refractivity contribution in [1.82, 2.24) is 15.3 Å². The number of sulfone groups is 1. The molecule has 2 aliphatic heterocycles. The SMILES string of the molecule is C[C@H](/C=C/S(C)(=O)=O)NC(=O)c1cnc(N2CCC3(COC3)CC2c2cccc(F)c2Cl)cn1. The largest absolute Gasteiger partial charge is 0.380 e. The van der Waals surface area contributed by atoms with Gasteiger partial charge in [-0.15, -0.1) is 0 Å². The van der Waals surface area contributed by atoms with Crippen LogP contribution >= 0.6 is 11.6 Å². The van der Waals surface area contributed by atoms with Gasteiger partial charge in [0.25, 0.3) is 5.91 Å². The van der Waals surface area contributed by atoms with Crippen molar-refractivity contribution in [2.75, 3.05) is 30.9 Å². The van der Waals surface area contributed by atoms with E-state index in [0.717, 1.165) is 24.5 Å². The van der Waals surface area contributed by atoms with Gasteiger partial charge in [-0.1, -0.05) is 29.8 Å². The molecule has 0 bridgehead atoms. The van der Waals surface area contributed by atoms with Gasteiger partial charge in [-0.25, -0.2) is 22.8 Å². The van der Waals surface area contributed by atoms with Crippen LogP contribution in [0.25, 0.3) is 0 Å². The molecule has 34 heavy (non-hydrogen) atoms. The van der Waals surface area contributed by atoms with Crippen molar-refractivity contribution in [2.24, 2.45) is 5.41 Å². The second kappa shape index (κ2) is 9.59. The fraction of sp³-hybridized carbons (Fsp3) is 0.435. The molecule has 2 saturated heterocycles. The first kappa shape index (κ1) is 24.6. The van der Waals surface area contributed by atoms with E-state index in [1.807, 2.05) is 11.0 Å². The van der Waals surface area contributed by atoms with Crippen LogP contribution in [0.15, 0.2) is 42.1 Å². The van der Waals surface area contributed by atoms with E-state index in [0.29, 0.717) is 31.1 Å². The molecule has 1 N–H and O–H groups in total. The first-order valence-electron chi connectivity index (χ1n) is 10.9. The highest BCUT2D eigenvalue weighted by Crippen LogP contribution is 2.48. The first-order valence-corrected chi connectivity index (χ1v) is 13.2. The highest BCUT2D eigenvalue weighted by Gasteiger charge is 2.46. The number of piperidine rings is 1. The molecule has 1 unspecified atom stereocenters. The number of hydrogen-bond donors (Lipinski definition) is 1. The summed E-state index contributed by atoms with van der Waals surface area (Å²) in [6, 6.07) is 4.08. The molecule has 2 aliphatic rings. The number of nitrogens with zero attached hydrogens (tertiary/aromatic N) is 3. The average Bonchev–Trinajstić information content (AvgIpc) is 2.78. The number of ether oxygens (including phenoxy) is 1. The van der Waals surface area contributed by atoms with E-state index < -0.39 is 27.6 Å². The summed E-state index contributed by atoms with van der Waals surface area (Å²) in [5.74, 6) is -0.388. The third-order valence-electron chi connectivity index (χ3n) is 6.18. The van der Waals surface area contributed by atoms with Gasteiger partial charge >= 0.3 is 0 Å². The minimum atomic E-state index is -3.28.